The van der Waals surface area contributed by atoms with Gasteiger partial charge in [-0.1, -0.05) is 12.7 Å². The van der Waals surface area contributed by atoms with Crippen LogP contribution in [0, 0.1) is 0 Å². The normalized spacial score (nSPS) is 18.9. The van der Waals surface area contributed by atoms with E-state index >= 15 is 0 Å². The van der Waals surface area contributed by atoms with Crippen molar-refractivity contribution in [2.24, 2.45) is 0 Å². The number of nitrogens with zero attached hydrogens (tertiary/aromatic N) is 3. The van der Waals surface area contributed by atoms with Gasteiger partial charge in [-0.2, -0.15) is 0 Å². The SMILES string of the molecule is C=Cc1cnc(Nc2ccc(S(=O)(=O)C3CCCN(C)CC3)cc2)nc1. The number of likely N-dealkylation sites (tertiary alicyclic amines) is 1. The molecule has 0 spiro atoms. The molecule has 1 N–H and O–H groups in total. The second-order valence-electron chi connectivity index (χ2n) is 6.59. The lowest BCUT2D eigenvalue weighted by Gasteiger charge is -2.16. The first-order chi connectivity index (χ1) is 12.5. The Bertz CT molecular complexity index is 848. The van der Waals surface area contributed by atoms with Gasteiger partial charge in [0.15, 0.2) is 9.84 Å². The summed E-state index contributed by atoms with van der Waals surface area (Å²) in [5.41, 5.74) is 1.59. The number of hydrogen-bond donors (Lipinski definition) is 1. The highest BCUT2D eigenvalue weighted by Crippen LogP contribution is 2.26. The number of benzene rings is 1. The van der Waals surface area contributed by atoms with Crippen LogP contribution in [0.25, 0.3) is 6.08 Å². The summed E-state index contributed by atoms with van der Waals surface area (Å²) in [4.78, 5) is 11.0. The summed E-state index contributed by atoms with van der Waals surface area (Å²) in [6.07, 6.45) is 7.33. The summed E-state index contributed by atoms with van der Waals surface area (Å²) >= 11 is 0. The van der Waals surface area contributed by atoms with Crippen LogP contribution in [0.3, 0.4) is 0 Å². The molecule has 1 atom stereocenters. The van der Waals surface area contributed by atoms with Crippen LogP contribution >= 0.6 is 0 Å². The van der Waals surface area contributed by atoms with Crippen LogP contribution < -0.4 is 5.32 Å². The van der Waals surface area contributed by atoms with Gasteiger partial charge >= 0.3 is 0 Å². The van der Waals surface area contributed by atoms with E-state index in [2.05, 4.69) is 26.8 Å². The second kappa shape index (κ2) is 7.97. The van der Waals surface area contributed by atoms with Crippen LogP contribution in [0.5, 0.6) is 0 Å². The van der Waals surface area contributed by atoms with E-state index in [4.69, 9.17) is 0 Å². The molecule has 1 unspecified atom stereocenters. The van der Waals surface area contributed by atoms with Crippen molar-refractivity contribution in [2.45, 2.75) is 29.4 Å². The topological polar surface area (TPSA) is 75.2 Å². The molecule has 0 bridgehead atoms. The van der Waals surface area contributed by atoms with Gasteiger partial charge in [0.05, 0.1) is 10.1 Å². The lowest BCUT2D eigenvalue weighted by atomic mass is 10.2. The van der Waals surface area contributed by atoms with E-state index in [1.54, 1.807) is 42.7 Å². The summed E-state index contributed by atoms with van der Waals surface area (Å²) < 4.78 is 25.8. The van der Waals surface area contributed by atoms with E-state index in [9.17, 15) is 8.42 Å². The monoisotopic (exact) mass is 372 g/mol. The molecule has 0 aliphatic carbocycles. The number of nitrogens with one attached hydrogen (secondary N) is 1. The molecule has 1 aliphatic heterocycles. The van der Waals surface area contributed by atoms with Crippen LogP contribution in [-0.4, -0.2) is 48.7 Å². The van der Waals surface area contributed by atoms with Gasteiger partial charge in [-0.15, -0.1) is 0 Å². The fraction of sp³-hybridized carbons (Fsp3) is 0.368. The number of hydrogen-bond acceptors (Lipinski definition) is 6. The first kappa shape index (κ1) is 18.5. The highest BCUT2D eigenvalue weighted by molar-refractivity contribution is 7.92. The van der Waals surface area contributed by atoms with Gasteiger partial charge < -0.3 is 10.2 Å². The van der Waals surface area contributed by atoms with Crippen LogP contribution in [-0.2, 0) is 9.84 Å². The standard InChI is InChI=1S/C19H24N4O2S/c1-3-15-13-20-19(21-14-15)22-16-6-8-18(9-7-16)26(24,25)17-5-4-11-23(2)12-10-17/h3,6-9,13-14,17H,1,4-5,10-12H2,2H3,(H,20,21,22). The third-order valence-electron chi connectivity index (χ3n) is 4.68. The van der Waals surface area contributed by atoms with Gasteiger partial charge in [0.1, 0.15) is 0 Å². The maximum absolute atomic E-state index is 12.9. The molecule has 3 rings (SSSR count). The Labute approximate surface area is 154 Å². The molecule has 1 aromatic carbocycles. The molecule has 26 heavy (non-hydrogen) atoms. The number of rotatable bonds is 5. The van der Waals surface area contributed by atoms with E-state index in [-0.39, 0.29) is 5.25 Å². The maximum Gasteiger partial charge on any atom is 0.227 e. The van der Waals surface area contributed by atoms with Gasteiger partial charge in [0.25, 0.3) is 0 Å². The van der Waals surface area contributed by atoms with Crippen molar-refractivity contribution in [1.82, 2.24) is 14.9 Å². The molecule has 1 fully saturated rings. The maximum atomic E-state index is 12.9. The molecule has 1 saturated heterocycles. The third kappa shape index (κ3) is 4.28. The van der Waals surface area contributed by atoms with Gasteiger partial charge in [0, 0.05) is 23.6 Å². The number of anilines is 2. The predicted octanol–water partition coefficient (Wildman–Crippen LogP) is 3.12. The molecule has 1 aromatic heterocycles. The summed E-state index contributed by atoms with van der Waals surface area (Å²) in [5.74, 6) is 0.456. The van der Waals surface area contributed by atoms with Gasteiger partial charge in [-0.3, -0.25) is 0 Å². The van der Waals surface area contributed by atoms with Crippen molar-refractivity contribution in [3.63, 3.8) is 0 Å². The van der Waals surface area contributed by atoms with Crippen LogP contribution in [0.15, 0.2) is 48.1 Å². The highest BCUT2D eigenvalue weighted by atomic mass is 32.2. The Morgan fingerprint density at radius 1 is 1.15 bits per heavy atom. The number of aromatic nitrogens is 2. The van der Waals surface area contributed by atoms with Crippen LogP contribution in [0.1, 0.15) is 24.8 Å². The van der Waals surface area contributed by atoms with Crippen molar-refractivity contribution in [3.8, 4) is 0 Å². The van der Waals surface area contributed by atoms with Gasteiger partial charge in [-0.25, -0.2) is 18.4 Å². The summed E-state index contributed by atoms with van der Waals surface area (Å²) in [7, 11) is -1.26. The van der Waals surface area contributed by atoms with Crippen molar-refractivity contribution in [3.05, 3.63) is 48.8 Å². The third-order valence-corrected chi connectivity index (χ3v) is 6.96. The number of sulfone groups is 1. The Morgan fingerprint density at radius 3 is 2.50 bits per heavy atom. The molecule has 0 radical (unpaired) electrons. The second-order valence-corrected chi connectivity index (χ2v) is 8.82. The van der Waals surface area contributed by atoms with E-state index in [1.807, 2.05) is 7.05 Å². The van der Waals surface area contributed by atoms with Crippen molar-refractivity contribution < 1.29 is 8.42 Å². The van der Waals surface area contributed by atoms with E-state index in [0.29, 0.717) is 17.3 Å². The van der Waals surface area contributed by atoms with E-state index in [0.717, 1.165) is 37.2 Å². The summed E-state index contributed by atoms with van der Waals surface area (Å²) in [5, 5.41) is 2.77. The minimum absolute atomic E-state index is 0.305. The van der Waals surface area contributed by atoms with Gasteiger partial charge in [0.2, 0.25) is 5.95 Å². The van der Waals surface area contributed by atoms with Crippen molar-refractivity contribution >= 4 is 27.5 Å². The molecule has 138 valence electrons. The smallest absolute Gasteiger partial charge is 0.227 e. The molecular formula is C19H24N4O2S. The Hall–Kier alpha value is -2.25. The van der Waals surface area contributed by atoms with E-state index in [1.165, 1.54) is 0 Å². The Kier molecular flexibility index (Phi) is 5.68. The molecule has 6 nitrogen and oxygen atoms in total. The molecular weight excluding hydrogens is 348 g/mol. The lowest BCUT2D eigenvalue weighted by Crippen LogP contribution is -2.24. The fourth-order valence-electron chi connectivity index (χ4n) is 3.08. The van der Waals surface area contributed by atoms with Crippen molar-refractivity contribution in [1.29, 1.82) is 0 Å². The largest absolute Gasteiger partial charge is 0.324 e. The zero-order valence-corrected chi connectivity index (χ0v) is 15.7. The Morgan fingerprint density at radius 2 is 1.85 bits per heavy atom. The minimum atomic E-state index is -3.30. The molecule has 0 amide bonds. The van der Waals surface area contributed by atoms with Gasteiger partial charge in [-0.05, 0) is 63.7 Å². The highest BCUT2D eigenvalue weighted by Gasteiger charge is 2.28. The molecule has 2 aromatic rings. The minimum Gasteiger partial charge on any atom is -0.324 e. The predicted molar refractivity (Wildman–Crippen MR) is 104 cm³/mol. The molecule has 2 heterocycles. The van der Waals surface area contributed by atoms with E-state index < -0.39 is 9.84 Å². The summed E-state index contributed by atoms with van der Waals surface area (Å²) in [6, 6.07) is 6.82. The quantitative estimate of drug-likeness (QED) is 0.869. The van der Waals surface area contributed by atoms with Crippen LogP contribution in [0.4, 0.5) is 11.6 Å². The first-order valence-electron chi connectivity index (χ1n) is 8.73. The van der Waals surface area contributed by atoms with Crippen molar-refractivity contribution in [2.75, 3.05) is 25.5 Å². The average Bonchev–Trinajstić information content (AvgIpc) is 2.88. The molecule has 1 aliphatic rings. The average molecular weight is 372 g/mol. The zero-order chi connectivity index (χ0) is 18.6. The summed E-state index contributed by atoms with van der Waals surface area (Å²) in [6.45, 7) is 5.44. The molecule has 0 saturated carbocycles. The zero-order valence-electron chi connectivity index (χ0n) is 14.9. The fourth-order valence-corrected chi connectivity index (χ4v) is 4.87. The Balaban J connectivity index is 1.72. The van der Waals surface area contributed by atoms with Crippen LogP contribution in [0.2, 0.25) is 0 Å². The first-order valence-corrected chi connectivity index (χ1v) is 10.3. The lowest BCUT2D eigenvalue weighted by molar-refractivity contribution is 0.349. The molecule has 7 heteroatoms.